The molecule has 0 aliphatic carbocycles. The van der Waals surface area contributed by atoms with Gasteiger partial charge in [0.15, 0.2) is 0 Å². The second-order valence-corrected chi connectivity index (χ2v) is 8.82. The van der Waals surface area contributed by atoms with Crippen molar-refractivity contribution < 1.29 is 4.79 Å². The van der Waals surface area contributed by atoms with Gasteiger partial charge in [-0.2, -0.15) is 5.10 Å². The summed E-state index contributed by atoms with van der Waals surface area (Å²) in [6, 6.07) is 26.2. The summed E-state index contributed by atoms with van der Waals surface area (Å²) in [5.41, 5.74) is 5.04. The number of carbonyl (C=O) groups is 1. The van der Waals surface area contributed by atoms with Gasteiger partial charge in [-0.3, -0.25) is 14.2 Å². The number of hydrogen-bond acceptors (Lipinski definition) is 3. The molecule has 5 rings (SSSR count). The van der Waals surface area contributed by atoms with Crippen molar-refractivity contribution in [2.45, 2.75) is 20.4 Å². The van der Waals surface area contributed by atoms with Crippen LogP contribution in [0.1, 0.15) is 11.3 Å². The Hall–Kier alpha value is -4.16. The van der Waals surface area contributed by atoms with E-state index in [1.807, 2.05) is 80.6 Å². The summed E-state index contributed by atoms with van der Waals surface area (Å²) in [7, 11) is 0. The molecule has 0 aliphatic heterocycles. The third kappa shape index (κ3) is 4.36. The van der Waals surface area contributed by atoms with Gasteiger partial charge in [-0.15, -0.1) is 0 Å². The monoisotopic (exact) mass is 482 g/mol. The number of carbonyl (C=O) groups excluding carboxylic acids is 1. The third-order valence-corrected chi connectivity index (χ3v) is 6.19. The van der Waals surface area contributed by atoms with Gasteiger partial charge in [-0.1, -0.05) is 66.2 Å². The first-order valence-corrected chi connectivity index (χ1v) is 11.6. The largest absolute Gasteiger partial charge is 0.324 e. The van der Waals surface area contributed by atoms with Crippen LogP contribution in [0, 0.1) is 13.8 Å². The number of nitrogens with zero attached hydrogens (tertiary/aromatic N) is 3. The molecule has 0 bridgehead atoms. The van der Waals surface area contributed by atoms with Crippen LogP contribution in [0.4, 0.5) is 5.69 Å². The SMILES string of the molecule is Cc1ccc(Cl)cc1NC(=O)Cn1c(=O)cc(-c2ccccc2)c2c(C)nn(-c3ccccc3)c21. The molecule has 6 nitrogen and oxygen atoms in total. The normalized spacial score (nSPS) is 11.1. The molecule has 7 heteroatoms. The van der Waals surface area contributed by atoms with Gasteiger partial charge in [-0.05, 0) is 54.8 Å². The number of anilines is 1. The number of aromatic nitrogens is 3. The maximum Gasteiger partial charge on any atom is 0.253 e. The summed E-state index contributed by atoms with van der Waals surface area (Å²) in [4.78, 5) is 26.6. The lowest BCUT2D eigenvalue weighted by Crippen LogP contribution is -2.29. The predicted molar refractivity (Wildman–Crippen MR) is 140 cm³/mol. The summed E-state index contributed by atoms with van der Waals surface area (Å²) in [5, 5.41) is 9.01. The van der Waals surface area contributed by atoms with Crippen LogP contribution in [0.15, 0.2) is 89.7 Å². The lowest BCUT2D eigenvalue weighted by molar-refractivity contribution is -0.116. The van der Waals surface area contributed by atoms with E-state index < -0.39 is 0 Å². The number of nitrogens with one attached hydrogen (secondary N) is 1. The number of fused-ring (bicyclic) bond motifs is 1. The molecule has 5 aromatic rings. The molecule has 2 aromatic heterocycles. The van der Waals surface area contributed by atoms with E-state index in [-0.39, 0.29) is 18.0 Å². The smallest absolute Gasteiger partial charge is 0.253 e. The van der Waals surface area contributed by atoms with Gasteiger partial charge in [0.25, 0.3) is 5.56 Å². The molecule has 0 aliphatic rings. The molecule has 0 fully saturated rings. The van der Waals surface area contributed by atoms with Crippen LogP contribution in [0.2, 0.25) is 5.02 Å². The molecule has 3 aromatic carbocycles. The Morgan fingerprint density at radius 2 is 1.63 bits per heavy atom. The van der Waals surface area contributed by atoms with Gasteiger partial charge in [0.1, 0.15) is 12.2 Å². The average Bonchev–Trinajstić information content (AvgIpc) is 3.21. The van der Waals surface area contributed by atoms with Crippen LogP contribution in [0.25, 0.3) is 27.8 Å². The molecule has 0 saturated heterocycles. The van der Waals surface area contributed by atoms with Gasteiger partial charge in [-0.25, -0.2) is 4.68 Å². The number of hydrogen-bond donors (Lipinski definition) is 1. The number of pyridine rings is 1. The molecule has 174 valence electrons. The first-order chi connectivity index (χ1) is 16.9. The minimum Gasteiger partial charge on any atom is -0.324 e. The van der Waals surface area contributed by atoms with Crippen molar-refractivity contribution in [3.63, 3.8) is 0 Å². The first kappa shape index (κ1) is 22.6. The van der Waals surface area contributed by atoms with Crippen molar-refractivity contribution in [2.75, 3.05) is 5.32 Å². The van der Waals surface area contributed by atoms with Crippen LogP contribution < -0.4 is 10.9 Å². The van der Waals surface area contributed by atoms with Crippen molar-refractivity contribution in [3.8, 4) is 16.8 Å². The predicted octanol–water partition coefficient (Wildman–Crippen LogP) is 5.76. The number of rotatable bonds is 5. The van der Waals surface area contributed by atoms with Crippen molar-refractivity contribution in [3.05, 3.63) is 112 Å². The fraction of sp³-hybridized carbons (Fsp3) is 0.107. The van der Waals surface area contributed by atoms with Gasteiger partial charge in [0.05, 0.1) is 11.4 Å². The fourth-order valence-electron chi connectivity index (χ4n) is 4.27. The first-order valence-electron chi connectivity index (χ1n) is 11.2. The molecular weight excluding hydrogens is 460 g/mol. The second kappa shape index (κ2) is 9.24. The minimum absolute atomic E-state index is 0.172. The van der Waals surface area contributed by atoms with Gasteiger partial charge in [0.2, 0.25) is 5.91 Å². The maximum absolute atomic E-state index is 13.4. The summed E-state index contributed by atoms with van der Waals surface area (Å²) in [6.07, 6.45) is 0. The van der Waals surface area contributed by atoms with E-state index in [0.717, 1.165) is 33.5 Å². The molecule has 1 amide bonds. The van der Waals surface area contributed by atoms with E-state index >= 15 is 0 Å². The number of benzene rings is 3. The number of para-hydroxylation sites is 1. The van der Waals surface area contributed by atoms with Crippen molar-refractivity contribution in [2.24, 2.45) is 0 Å². The molecular formula is C28H23ClN4O2. The van der Waals surface area contributed by atoms with E-state index in [0.29, 0.717) is 16.4 Å². The molecule has 0 unspecified atom stereocenters. The van der Waals surface area contributed by atoms with Gasteiger partial charge >= 0.3 is 0 Å². The van der Waals surface area contributed by atoms with Crippen molar-refractivity contribution >= 4 is 34.2 Å². The summed E-state index contributed by atoms with van der Waals surface area (Å²) < 4.78 is 3.21. The molecule has 1 N–H and O–H groups in total. The quantitative estimate of drug-likeness (QED) is 0.346. The van der Waals surface area contributed by atoms with Crippen molar-refractivity contribution in [1.29, 1.82) is 0 Å². The maximum atomic E-state index is 13.4. The molecule has 35 heavy (non-hydrogen) atoms. The Bertz CT molecular complexity index is 1610. The molecule has 0 spiro atoms. The zero-order valence-electron chi connectivity index (χ0n) is 19.3. The summed E-state index contributed by atoms with van der Waals surface area (Å²) in [5.74, 6) is -0.329. The Balaban J connectivity index is 1.69. The standard InChI is InChI=1S/C28H23ClN4O2/c1-18-13-14-21(29)15-24(18)30-25(34)17-32-26(35)16-23(20-9-5-3-6-10-20)27-19(2)31-33(28(27)32)22-11-7-4-8-12-22/h3-16H,17H2,1-2H3,(H,30,34). The second-order valence-electron chi connectivity index (χ2n) is 8.39. The lowest BCUT2D eigenvalue weighted by atomic mass is 10.0. The topological polar surface area (TPSA) is 68.9 Å². The van der Waals surface area contributed by atoms with Gasteiger partial charge < -0.3 is 5.32 Å². The molecule has 0 radical (unpaired) electrons. The average molecular weight is 483 g/mol. The molecule has 0 atom stereocenters. The van der Waals surface area contributed by atoms with Crippen LogP contribution in [0.3, 0.4) is 0 Å². The van der Waals surface area contributed by atoms with E-state index in [2.05, 4.69) is 5.32 Å². The highest BCUT2D eigenvalue weighted by molar-refractivity contribution is 6.31. The highest BCUT2D eigenvalue weighted by Crippen LogP contribution is 2.31. The fourth-order valence-corrected chi connectivity index (χ4v) is 4.44. The number of amides is 1. The van der Waals surface area contributed by atoms with Gasteiger partial charge in [0, 0.05) is 22.2 Å². The number of halogens is 1. The Labute approximate surface area is 207 Å². The van der Waals surface area contributed by atoms with Crippen LogP contribution in [0.5, 0.6) is 0 Å². The third-order valence-electron chi connectivity index (χ3n) is 5.96. The summed E-state index contributed by atoms with van der Waals surface area (Å²) >= 11 is 6.11. The highest BCUT2D eigenvalue weighted by atomic mass is 35.5. The van der Waals surface area contributed by atoms with E-state index in [1.165, 1.54) is 4.57 Å². The highest BCUT2D eigenvalue weighted by Gasteiger charge is 2.21. The van der Waals surface area contributed by atoms with Crippen LogP contribution in [-0.4, -0.2) is 20.3 Å². The van der Waals surface area contributed by atoms with E-state index in [1.54, 1.807) is 22.9 Å². The minimum atomic E-state index is -0.329. The van der Waals surface area contributed by atoms with Crippen LogP contribution in [-0.2, 0) is 11.3 Å². The van der Waals surface area contributed by atoms with E-state index in [9.17, 15) is 9.59 Å². The zero-order valence-corrected chi connectivity index (χ0v) is 20.1. The lowest BCUT2D eigenvalue weighted by Gasteiger charge is -2.14. The Morgan fingerprint density at radius 1 is 0.943 bits per heavy atom. The van der Waals surface area contributed by atoms with E-state index in [4.69, 9.17) is 16.7 Å². The molecule has 2 heterocycles. The summed E-state index contributed by atoms with van der Waals surface area (Å²) in [6.45, 7) is 3.63. The molecule has 0 saturated carbocycles. The van der Waals surface area contributed by atoms with Crippen molar-refractivity contribution in [1.82, 2.24) is 14.3 Å². The number of aryl methyl sites for hydroxylation is 2. The van der Waals surface area contributed by atoms with Crippen LogP contribution >= 0.6 is 11.6 Å². The Morgan fingerprint density at radius 3 is 2.34 bits per heavy atom. The Kier molecular flexibility index (Phi) is 5.97. The zero-order chi connectivity index (χ0) is 24.5.